The second kappa shape index (κ2) is 9.11. The first-order chi connectivity index (χ1) is 15.8. The first-order valence-corrected chi connectivity index (χ1v) is 10.2. The van der Waals surface area contributed by atoms with Crippen LogP contribution in [-0.2, 0) is 18.0 Å². The molecular formula is C23H24N6O4. The van der Waals surface area contributed by atoms with Gasteiger partial charge in [-0.2, -0.15) is 15.0 Å². The largest absolute Gasteiger partial charge is 0.488 e. The average Bonchev–Trinajstić information content (AvgIpc) is 3.12. The number of aromatic nitrogens is 4. The third-order valence-corrected chi connectivity index (χ3v) is 5.04. The lowest BCUT2D eigenvalue weighted by molar-refractivity contribution is 0.0457. The molecular weight excluding hydrogens is 424 g/mol. The number of aryl methyl sites for hydroxylation is 2. The van der Waals surface area contributed by atoms with E-state index in [1.54, 1.807) is 25.1 Å². The zero-order valence-corrected chi connectivity index (χ0v) is 18.8. The number of anilines is 2. The van der Waals surface area contributed by atoms with Gasteiger partial charge in [-0.3, -0.25) is 0 Å². The minimum Gasteiger partial charge on any atom is -0.488 e. The summed E-state index contributed by atoms with van der Waals surface area (Å²) in [5.74, 6) is 1.17. The number of benzene rings is 2. The second-order valence-electron chi connectivity index (χ2n) is 7.67. The number of esters is 1. The summed E-state index contributed by atoms with van der Waals surface area (Å²) < 4.78 is 16.7. The Bertz CT molecular complexity index is 1300. The maximum atomic E-state index is 13.0. The van der Waals surface area contributed by atoms with Gasteiger partial charge in [-0.05, 0) is 36.8 Å². The van der Waals surface area contributed by atoms with Gasteiger partial charge in [0, 0.05) is 14.1 Å². The lowest BCUT2D eigenvalue weighted by Gasteiger charge is -2.14. The number of carbonyl (C=O) groups excluding carboxylic acids is 1. The Balaban J connectivity index is 1.60. The van der Waals surface area contributed by atoms with Gasteiger partial charge < -0.3 is 24.6 Å². The number of rotatable bonds is 7. The van der Waals surface area contributed by atoms with Crippen LogP contribution in [0, 0.1) is 13.8 Å². The highest BCUT2D eigenvalue weighted by Crippen LogP contribution is 2.28. The molecule has 0 aliphatic heterocycles. The molecule has 0 saturated heterocycles. The minimum atomic E-state index is -0.570. The summed E-state index contributed by atoms with van der Waals surface area (Å²) in [5, 5.41) is 5.76. The van der Waals surface area contributed by atoms with Gasteiger partial charge in [0.1, 0.15) is 23.7 Å². The molecule has 0 unspecified atom stereocenters. The molecule has 4 rings (SSSR count). The van der Waals surface area contributed by atoms with E-state index in [1.807, 2.05) is 44.2 Å². The molecule has 10 nitrogen and oxygen atoms in total. The van der Waals surface area contributed by atoms with Crippen LogP contribution >= 0.6 is 0 Å². The summed E-state index contributed by atoms with van der Waals surface area (Å²) in [6.07, 6.45) is 0. The smallest absolute Gasteiger partial charge is 0.342 e. The topological polar surface area (TPSA) is 129 Å². The third-order valence-electron chi connectivity index (χ3n) is 5.04. The van der Waals surface area contributed by atoms with Crippen LogP contribution in [0.15, 0.2) is 40.9 Å². The van der Waals surface area contributed by atoms with Crippen molar-refractivity contribution in [1.29, 1.82) is 0 Å². The molecule has 2 N–H and O–H groups in total. The lowest BCUT2D eigenvalue weighted by atomic mass is 10.1. The Labute approximate surface area is 190 Å². The van der Waals surface area contributed by atoms with Crippen molar-refractivity contribution >= 4 is 28.6 Å². The number of hydrogen-bond donors (Lipinski definition) is 1. The predicted molar refractivity (Wildman–Crippen MR) is 122 cm³/mol. The molecule has 2 heterocycles. The van der Waals surface area contributed by atoms with Gasteiger partial charge in [-0.15, -0.1) is 0 Å². The van der Waals surface area contributed by atoms with Crippen molar-refractivity contribution < 1.29 is 18.8 Å². The third kappa shape index (κ3) is 4.84. The molecule has 0 atom stereocenters. The van der Waals surface area contributed by atoms with Crippen LogP contribution in [0.3, 0.4) is 0 Å². The number of nitrogens with zero attached hydrogens (tertiary/aromatic N) is 5. The van der Waals surface area contributed by atoms with Gasteiger partial charge in [0.2, 0.25) is 11.9 Å². The zero-order chi connectivity index (χ0) is 23.5. The van der Waals surface area contributed by atoms with Gasteiger partial charge in [0.15, 0.2) is 12.4 Å². The highest BCUT2D eigenvalue weighted by Gasteiger charge is 2.19. The molecule has 0 amide bonds. The number of hydrogen-bond acceptors (Lipinski definition) is 10. The molecule has 2 aromatic carbocycles. The van der Waals surface area contributed by atoms with E-state index in [9.17, 15) is 4.79 Å². The Hall–Kier alpha value is -4.21. The van der Waals surface area contributed by atoms with Gasteiger partial charge >= 0.3 is 5.97 Å². The fourth-order valence-electron chi connectivity index (χ4n) is 3.25. The summed E-state index contributed by atoms with van der Waals surface area (Å²) in [5.41, 5.74) is 7.61. The predicted octanol–water partition coefficient (Wildman–Crippen LogP) is 3.21. The summed E-state index contributed by atoms with van der Waals surface area (Å²) in [4.78, 5) is 27.1. The van der Waals surface area contributed by atoms with Crippen LogP contribution in [0.4, 0.5) is 11.9 Å². The molecule has 0 bridgehead atoms. The molecule has 0 saturated carbocycles. The molecule has 0 fully saturated rings. The average molecular weight is 448 g/mol. The van der Waals surface area contributed by atoms with Crippen molar-refractivity contribution in [3.63, 3.8) is 0 Å². The quantitative estimate of drug-likeness (QED) is 0.421. The first kappa shape index (κ1) is 22.0. The van der Waals surface area contributed by atoms with Crippen LogP contribution in [0.5, 0.6) is 5.75 Å². The van der Waals surface area contributed by atoms with E-state index in [0.29, 0.717) is 17.5 Å². The van der Waals surface area contributed by atoms with Crippen LogP contribution in [0.25, 0.3) is 10.8 Å². The molecule has 10 heteroatoms. The Morgan fingerprint density at radius 1 is 1.06 bits per heavy atom. The molecule has 170 valence electrons. The molecule has 2 aromatic heterocycles. The molecule has 0 spiro atoms. The normalized spacial score (nSPS) is 10.9. The molecule has 0 aliphatic carbocycles. The van der Waals surface area contributed by atoms with E-state index >= 15 is 0 Å². The van der Waals surface area contributed by atoms with Gasteiger partial charge in [-0.1, -0.05) is 29.4 Å². The number of nitrogen functional groups attached to an aromatic ring is 1. The van der Waals surface area contributed by atoms with Crippen LogP contribution in [0.2, 0.25) is 0 Å². The fourth-order valence-corrected chi connectivity index (χ4v) is 3.25. The van der Waals surface area contributed by atoms with Crippen molar-refractivity contribution in [1.82, 2.24) is 20.1 Å². The fraction of sp³-hybridized carbons (Fsp3) is 0.261. The van der Waals surface area contributed by atoms with E-state index in [-0.39, 0.29) is 30.5 Å². The summed E-state index contributed by atoms with van der Waals surface area (Å²) in [6.45, 7) is 3.70. The Morgan fingerprint density at radius 2 is 1.79 bits per heavy atom. The number of nitrogens with two attached hydrogens (primary N) is 1. The first-order valence-electron chi connectivity index (χ1n) is 10.2. The monoisotopic (exact) mass is 448 g/mol. The lowest BCUT2D eigenvalue weighted by Crippen LogP contribution is -2.17. The highest BCUT2D eigenvalue weighted by molar-refractivity contribution is 5.98. The number of carbonyl (C=O) groups is 1. The maximum absolute atomic E-state index is 13.0. The SMILES string of the molecule is Cc1noc(C)c1COc1cc2ccccc2cc1C(=O)OCc1nc(N)nc(N(C)C)n1. The van der Waals surface area contributed by atoms with Crippen LogP contribution in [-0.4, -0.2) is 40.2 Å². The van der Waals surface area contributed by atoms with E-state index in [0.717, 1.165) is 22.0 Å². The maximum Gasteiger partial charge on any atom is 0.342 e. The zero-order valence-electron chi connectivity index (χ0n) is 18.8. The van der Waals surface area contributed by atoms with Crippen molar-refractivity contribution in [2.24, 2.45) is 0 Å². The van der Waals surface area contributed by atoms with Crippen molar-refractivity contribution in [2.75, 3.05) is 24.7 Å². The Kier molecular flexibility index (Phi) is 6.07. The number of fused-ring (bicyclic) bond motifs is 1. The van der Waals surface area contributed by atoms with E-state index < -0.39 is 5.97 Å². The van der Waals surface area contributed by atoms with E-state index in [1.165, 1.54) is 0 Å². The molecule has 4 aromatic rings. The number of ether oxygens (including phenoxy) is 2. The minimum absolute atomic E-state index is 0.0499. The van der Waals surface area contributed by atoms with Crippen molar-refractivity contribution in [2.45, 2.75) is 27.1 Å². The Morgan fingerprint density at radius 3 is 2.45 bits per heavy atom. The summed E-state index contributed by atoms with van der Waals surface area (Å²) >= 11 is 0. The van der Waals surface area contributed by atoms with Gasteiger partial charge in [0.25, 0.3) is 0 Å². The van der Waals surface area contributed by atoms with E-state index in [4.69, 9.17) is 19.7 Å². The van der Waals surface area contributed by atoms with Crippen molar-refractivity contribution in [3.05, 3.63) is 64.8 Å². The van der Waals surface area contributed by atoms with E-state index in [2.05, 4.69) is 20.1 Å². The highest BCUT2D eigenvalue weighted by atomic mass is 16.5. The molecule has 33 heavy (non-hydrogen) atoms. The summed E-state index contributed by atoms with van der Waals surface area (Å²) in [6, 6.07) is 11.2. The van der Waals surface area contributed by atoms with Crippen molar-refractivity contribution in [3.8, 4) is 5.75 Å². The van der Waals surface area contributed by atoms with Gasteiger partial charge in [0.05, 0.1) is 11.3 Å². The summed E-state index contributed by atoms with van der Waals surface area (Å²) in [7, 11) is 3.56. The van der Waals surface area contributed by atoms with Crippen LogP contribution in [0.1, 0.15) is 33.2 Å². The molecule has 0 radical (unpaired) electrons. The van der Waals surface area contributed by atoms with Crippen LogP contribution < -0.4 is 15.4 Å². The standard InChI is InChI=1S/C23H24N6O4/c1-13-18(14(2)33-28-13)11-31-19-10-16-8-6-5-7-15(16)9-17(19)21(30)32-12-20-25-22(24)27-23(26-20)29(3)4/h5-10H,11-12H2,1-4H3,(H2,24,25,26,27). The molecule has 0 aliphatic rings. The van der Waals surface area contributed by atoms with Gasteiger partial charge in [-0.25, -0.2) is 4.79 Å². The second-order valence-corrected chi connectivity index (χ2v) is 7.67.